The van der Waals surface area contributed by atoms with E-state index >= 15 is 0 Å². The number of aromatic nitrogens is 2. The average Bonchev–Trinajstić information content (AvgIpc) is 2.85. The number of anilines is 1. The first-order chi connectivity index (χ1) is 15.5. The summed E-state index contributed by atoms with van der Waals surface area (Å²) >= 11 is 0. The fourth-order valence-corrected chi connectivity index (χ4v) is 3.93. The van der Waals surface area contributed by atoms with Crippen molar-refractivity contribution in [1.29, 1.82) is 5.26 Å². The van der Waals surface area contributed by atoms with Crippen LogP contribution in [0.25, 0.3) is 0 Å². The number of aryl methyl sites for hydroxylation is 1. The van der Waals surface area contributed by atoms with E-state index in [0.29, 0.717) is 35.8 Å². The molecule has 1 aromatic heterocycles. The Labute approximate surface area is 186 Å². The standard InChI is InChI=1S/C25H23N5O2/c1-17-2-5-21(14-23(17)29-24(31)22-8-11-27-16-28-22)25(32)30-12-9-20(10-13-30)19-6-3-18(15-26)4-7-19/h2-8,11,14,16,20H,9-10,12-13H2,1H3,(H,29,31). The van der Waals surface area contributed by atoms with Gasteiger partial charge in [0.15, 0.2) is 0 Å². The Hall–Kier alpha value is -4.05. The van der Waals surface area contributed by atoms with Gasteiger partial charge in [-0.15, -0.1) is 0 Å². The van der Waals surface area contributed by atoms with E-state index in [2.05, 4.69) is 21.4 Å². The van der Waals surface area contributed by atoms with Crippen LogP contribution in [0.5, 0.6) is 0 Å². The topological polar surface area (TPSA) is 99.0 Å². The summed E-state index contributed by atoms with van der Waals surface area (Å²) in [6.07, 6.45) is 4.58. The average molecular weight is 425 g/mol. The van der Waals surface area contributed by atoms with Gasteiger partial charge in [0.2, 0.25) is 0 Å². The van der Waals surface area contributed by atoms with E-state index in [-0.39, 0.29) is 17.5 Å². The second-order valence-electron chi connectivity index (χ2n) is 7.88. The van der Waals surface area contributed by atoms with Crippen molar-refractivity contribution in [2.75, 3.05) is 18.4 Å². The number of benzene rings is 2. The van der Waals surface area contributed by atoms with Gasteiger partial charge in [0.05, 0.1) is 11.6 Å². The summed E-state index contributed by atoms with van der Waals surface area (Å²) in [6.45, 7) is 3.22. The highest BCUT2D eigenvalue weighted by Crippen LogP contribution is 2.29. The third kappa shape index (κ3) is 4.65. The van der Waals surface area contributed by atoms with Crippen LogP contribution in [0.2, 0.25) is 0 Å². The van der Waals surface area contributed by atoms with Gasteiger partial charge < -0.3 is 10.2 Å². The maximum atomic E-state index is 13.1. The number of carbonyl (C=O) groups is 2. The lowest BCUT2D eigenvalue weighted by atomic mass is 9.89. The first kappa shape index (κ1) is 21.2. The van der Waals surface area contributed by atoms with Crippen molar-refractivity contribution in [3.8, 4) is 6.07 Å². The highest BCUT2D eigenvalue weighted by Gasteiger charge is 2.25. The molecule has 0 aliphatic carbocycles. The van der Waals surface area contributed by atoms with Crippen molar-refractivity contribution in [2.45, 2.75) is 25.7 Å². The van der Waals surface area contributed by atoms with E-state index in [9.17, 15) is 9.59 Å². The number of hydrogen-bond acceptors (Lipinski definition) is 5. The highest BCUT2D eigenvalue weighted by molar-refractivity contribution is 6.04. The molecule has 0 radical (unpaired) electrons. The molecule has 1 saturated heterocycles. The number of hydrogen-bond donors (Lipinski definition) is 1. The second kappa shape index (κ2) is 9.40. The third-order valence-corrected chi connectivity index (χ3v) is 5.84. The number of amides is 2. The normalized spacial score (nSPS) is 13.9. The largest absolute Gasteiger partial charge is 0.339 e. The minimum atomic E-state index is -0.344. The van der Waals surface area contributed by atoms with E-state index in [0.717, 1.165) is 18.4 Å². The van der Waals surface area contributed by atoms with Crippen LogP contribution in [0.3, 0.4) is 0 Å². The molecule has 2 heterocycles. The molecule has 1 fully saturated rings. The first-order valence-corrected chi connectivity index (χ1v) is 10.5. The molecule has 1 aliphatic heterocycles. The summed E-state index contributed by atoms with van der Waals surface area (Å²) in [5, 5.41) is 11.8. The summed E-state index contributed by atoms with van der Waals surface area (Å²) in [5.74, 6) is -0.00309. The van der Waals surface area contributed by atoms with E-state index in [4.69, 9.17) is 5.26 Å². The molecule has 0 unspecified atom stereocenters. The molecule has 3 aromatic rings. The fraction of sp³-hybridized carbons (Fsp3) is 0.240. The van der Waals surface area contributed by atoms with Gasteiger partial charge in [-0.2, -0.15) is 5.26 Å². The van der Waals surface area contributed by atoms with Crippen LogP contribution in [0.15, 0.2) is 61.1 Å². The van der Waals surface area contributed by atoms with Gasteiger partial charge in [0, 0.05) is 30.5 Å². The zero-order valence-corrected chi connectivity index (χ0v) is 17.8. The molecule has 7 heteroatoms. The van der Waals surface area contributed by atoms with Crippen LogP contribution in [0, 0.1) is 18.3 Å². The highest BCUT2D eigenvalue weighted by atomic mass is 16.2. The summed E-state index contributed by atoms with van der Waals surface area (Å²) in [7, 11) is 0. The SMILES string of the molecule is Cc1ccc(C(=O)N2CCC(c3ccc(C#N)cc3)CC2)cc1NC(=O)c1ccncn1. The van der Waals surface area contributed by atoms with E-state index in [1.807, 2.05) is 42.2 Å². The Morgan fingerprint density at radius 1 is 1.09 bits per heavy atom. The van der Waals surface area contributed by atoms with E-state index < -0.39 is 0 Å². The number of carbonyl (C=O) groups excluding carboxylic acids is 2. The smallest absolute Gasteiger partial charge is 0.274 e. The van der Waals surface area contributed by atoms with E-state index in [1.54, 1.807) is 12.1 Å². The summed E-state index contributed by atoms with van der Waals surface area (Å²) in [6, 6.07) is 16.7. The number of nitriles is 1. The van der Waals surface area contributed by atoms with Gasteiger partial charge in [0.25, 0.3) is 11.8 Å². The Morgan fingerprint density at radius 2 is 1.84 bits per heavy atom. The van der Waals surface area contributed by atoms with E-state index in [1.165, 1.54) is 24.2 Å². The molecule has 0 spiro atoms. The van der Waals surface area contributed by atoms with Crippen molar-refractivity contribution in [2.24, 2.45) is 0 Å². The van der Waals surface area contributed by atoms with Crippen LogP contribution in [-0.4, -0.2) is 39.8 Å². The molecule has 32 heavy (non-hydrogen) atoms. The Balaban J connectivity index is 1.42. The van der Waals surface area contributed by atoms with Gasteiger partial charge >= 0.3 is 0 Å². The van der Waals surface area contributed by atoms with Crippen molar-refractivity contribution in [3.05, 3.63) is 89.0 Å². The number of piperidine rings is 1. The predicted molar refractivity (Wildman–Crippen MR) is 120 cm³/mol. The second-order valence-corrected chi connectivity index (χ2v) is 7.88. The quantitative estimate of drug-likeness (QED) is 0.683. The van der Waals surface area contributed by atoms with Gasteiger partial charge in [0.1, 0.15) is 12.0 Å². The molecule has 2 amide bonds. The lowest BCUT2D eigenvalue weighted by molar-refractivity contribution is 0.0712. The van der Waals surface area contributed by atoms with Crippen LogP contribution >= 0.6 is 0 Å². The monoisotopic (exact) mass is 425 g/mol. The molecule has 160 valence electrons. The van der Waals surface area contributed by atoms with Crippen molar-refractivity contribution in [1.82, 2.24) is 14.9 Å². The molecule has 0 atom stereocenters. The molecule has 1 N–H and O–H groups in total. The summed E-state index contributed by atoms with van der Waals surface area (Å²) in [5.41, 5.74) is 4.13. The van der Waals surface area contributed by atoms with Crippen molar-refractivity contribution >= 4 is 17.5 Å². The molecule has 4 rings (SSSR count). The Bertz CT molecular complexity index is 1160. The maximum absolute atomic E-state index is 13.1. The molecular weight excluding hydrogens is 402 g/mol. The first-order valence-electron chi connectivity index (χ1n) is 10.5. The van der Waals surface area contributed by atoms with Crippen LogP contribution in [0.1, 0.15) is 56.3 Å². The Morgan fingerprint density at radius 3 is 2.50 bits per heavy atom. The minimum absolute atomic E-state index is 0.0409. The maximum Gasteiger partial charge on any atom is 0.274 e. The number of nitrogens with zero attached hydrogens (tertiary/aromatic N) is 4. The van der Waals surface area contributed by atoms with Crippen LogP contribution < -0.4 is 5.32 Å². The van der Waals surface area contributed by atoms with Gasteiger partial charge in [-0.1, -0.05) is 18.2 Å². The fourth-order valence-electron chi connectivity index (χ4n) is 3.93. The van der Waals surface area contributed by atoms with Gasteiger partial charge in [-0.05, 0) is 67.1 Å². The molecular formula is C25H23N5O2. The van der Waals surface area contributed by atoms with Gasteiger partial charge in [-0.3, -0.25) is 9.59 Å². The van der Waals surface area contributed by atoms with Crippen LogP contribution in [0.4, 0.5) is 5.69 Å². The molecule has 0 saturated carbocycles. The predicted octanol–water partition coefficient (Wildman–Crippen LogP) is 3.93. The molecule has 2 aromatic carbocycles. The molecule has 1 aliphatic rings. The Kier molecular flexibility index (Phi) is 6.22. The van der Waals surface area contributed by atoms with Crippen molar-refractivity contribution < 1.29 is 9.59 Å². The lowest BCUT2D eigenvalue weighted by Crippen LogP contribution is -2.38. The summed E-state index contributed by atoms with van der Waals surface area (Å²) < 4.78 is 0. The minimum Gasteiger partial charge on any atom is -0.339 e. The molecule has 7 nitrogen and oxygen atoms in total. The van der Waals surface area contributed by atoms with Crippen molar-refractivity contribution in [3.63, 3.8) is 0 Å². The van der Waals surface area contributed by atoms with Crippen LogP contribution in [-0.2, 0) is 0 Å². The third-order valence-electron chi connectivity index (χ3n) is 5.84. The lowest BCUT2D eigenvalue weighted by Gasteiger charge is -2.32. The number of likely N-dealkylation sites (tertiary alicyclic amines) is 1. The number of rotatable bonds is 4. The zero-order valence-electron chi connectivity index (χ0n) is 17.8. The van der Waals surface area contributed by atoms with Gasteiger partial charge in [-0.25, -0.2) is 9.97 Å². The summed E-state index contributed by atoms with van der Waals surface area (Å²) in [4.78, 5) is 35.2. The zero-order chi connectivity index (χ0) is 22.5. The molecule has 0 bridgehead atoms. The number of nitrogens with one attached hydrogen (secondary N) is 1.